The van der Waals surface area contributed by atoms with Crippen LogP contribution in [0.15, 0.2) is 4.52 Å². The Morgan fingerprint density at radius 3 is 2.75 bits per heavy atom. The number of rotatable bonds is 5. The summed E-state index contributed by atoms with van der Waals surface area (Å²) in [5.74, 6) is 0.375. The standard InChI is InChI=1S/C8H12F3N3O2/c1-5(12)2-6-13-7(16-14-6)3-15-4-8(9,10)11/h5H,2-4,12H2,1H3. The summed E-state index contributed by atoms with van der Waals surface area (Å²) in [4.78, 5) is 3.82. The number of aromatic nitrogens is 2. The van der Waals surface area contributed by atoms with E-state index in [4.69, 9.17) is 5.73 Å². The Balaban J connectivity index is 2.35. The minimum Gasteiger partial charge on any atom is -0.362 e. The maximum absolute atomic E-state index is 11.7. The molecule has 0 spiro atoms. The van der Waals surface area contributed by atoms with Crippen molar-refractivity contribution in [2.45, 2.75) is 32.2 Å². The van der Waals surface area contributed by atoms with Gasteiger partial charge in [0, 0.05) is 12.5 Å². The molecule has 0 aliphatic carbocycles. The molecule has 1 unspecified atom stereocenters. The monoisotopic (exact) mass is 239 g/mol. The molecule has 1 aromatic rings. The van der Waals surface area contributed by atoms with Crippen LogP contribution in [0.1, 0.15) is 18.6 Å². The highest BCUT2D eigenvalue weighted by molar-refractivity contribution is 4.87. The molecule has 0 aliphatic heterocycles. The molecule has 1 heterocycles. The second-order valence-electron chi connectivity index (χ2n) is 3.39. The van der Waals surface area contributed by atoms with Crippen LogP contribution in [0.3, 0.4) is 0 Å². The SMILES string of the molecule is CC(N)Cc1noc(COCC(F)(F)F)n1. The zero-order chi connectivity index (χ0) is 12.2. The van der Waals surface area contributed by atoms with Gasteiger partial charge in [0.15, 0.2) is 5.82 Å². The lowest BCUT2D eigenvalue weighted by Gasteiger charge is -2.04. The molecule has 0 amide bonds. The van der Waals surface area contributed by atoms with Gasteiger partial charge in [0.2, 0.25) is 0 Å². The van der Waals surface area contributed by atoms with Gasteiger partial charge >= 0.3 is 6.18 Å². The van der Waals surface area contributed by atoms with Crippen molar-refractivity contribution < 1.29 is 22.4 Å². The Bertz CT molecular complexity index is 325. The number of hydrogen-bond donors (Lipinski definition) is 1. The molecule has 5 nitrogen and oxygen atoms in total. The van der Waals surface area contributed by atoms with E-state index in [9.17, 15) is 13.2 Å². The molecule has 16 heavy (non-hydrogen) atoms. The third-order valence-corrected chi connectivity index (χ3v) is 1.51. The number of hydrogen-bond acceptors (Lipinski definition) is 5. The normalized spacial score (nSPS) is 14.1. The molecule has 1 aromatic heterocycles. The van der Waals surface area contributed by atoms with Gasteiger partial charge in [-0.25, -0.2) is 0 Å². The first-order valence-corrected chi connectivity index (χ1v) is 4.58. The summed E-state index contributed by atoms with van der Waals surface area (Å²) in [6, 6.07) is -0.137. The zero-order valence-electron chi connectivity index (χ0n) is 8.62. The van der Waals surface area contributed by atoms with Crippen molar-refractivity contribution in [3.8, 4) is 0 Å². The third kappa shape index (κ3) is 5.08. The average molecular weight is 239 g/mol. The van der Waals surface area contributed by atoms with Crippen molar-refractivity contribution >= 4 is 0 Å². The molecule has 8 heteroatoms. The van der Waals surface area contributed by atoms with E-state index in [0.717, 1.165) is 0 Å². The van der Waals surface area contributed by atoms with Crippen LogP contribution < -0.4 is 5.73 Å². The van der Waals surface area contributed by atoms with E-state index in [1.54, 1.807) is 6.92 Å². The topological polar surface area (TPSA) is 74.2 Å². The van der Waals surface area contributed by atoms with Gasteiger partial charge in [-0.15, -0.1) is 0 Å². The van der Waals surface area contributed by atoms with Gasteiger partial charge in [0.1, 0.15) is 13.2 Å². The highest BCUT2D eigenvalue weighted by Crippen LogP contribution is 2.15. The lowest BCUT2D eigenvalue weighted by Crippen LogP contribution is -2.18. The highest BCUT2D eigenvalue weighted by Gasteiger charge is 2.27. The Morgan fingerprint density at radius 2 is 2.19 bits per heavy atom. The molecule has 0 saturated heterocycles. The second-order valence-corrected chi connectivity index (χ2v) is 3.39. The van der Waals surface area contributed by atoms with Crippen LogP contribution in [-0.2, 0) is 17.8 Å². The van der Waals surface area contributed by atoms with E-state index in [1.807, 2.05) is 0 Å². The number of halogens is 3. The fourth-order valence-electron chi connectivity index (χ4n) is 0.974. The van der Waals surface area contributed by atoms with Crippen molar-refractivity contribution in [2.24, 2.45) is 5.73 Å². The van der Waals surface area contributed by atoms with Gasteiger partial charge in [-0.1, -0.05) is 5.16 Å². The summed E-state index contributed by atoms with van der Waals surface area (Å²) >= 11 is 0. The molecule has 0 saturated carbocycles. The van der Waals surface area contributed by atoms with Gasteiger partial charge in [-0.05, 0) is 6.92 Å². The molecule has 0 radical (unpaired) electrons. The van der Waals surface area contributed by atoms with Gasteiger partial charge in [-0.2, -0.15) is 18.2 Å². The molecule has 0 fully saturated rings. The molecular weight excluding hydrogens is 227 g/mol. The van der Waals surface area contributed by atoms with Crippen LogP contribution in [0.5, 0.6) is 0 Å². The van der Waals surface area contributed by atoms with Crippen LogP contribution >= 0.6 is 0 Å². The fraction of sp³-hybridized carbons (Fsp3) is 0.750. The van der Waals surface area contributed by atoms with Gasteiger partial charge in [0.05, 0.1) is 0 Å². The first-order valence-electron chi connectivity index (χ1n) is 4.58. The molecule has 0 aromatic carbocycles. The Morgan fingerprint density at radius 1 is 1.50 bits per heavy atom. The van der Waals surface area contributed by atoms with E-state index >= 15 is 0 Å². The Kier molecular flexibility index (Phi) is 4.25. The quantitative estimate of drug-likeness (QED) is 0.830. The predicted octanol–water partition coefficient (Wildman–Crippen LogP) is 1.04. The summed E-state index contributed by atoms with van der Waals surface area (Å²) in [6.07, 6.45) is -3.95. The van der Waals surface area contributed by atoms with Crippen LogP contribution in [-0.4, -0.2) is 29.0 Å². The Hall–Kier alpha value is -1.15. The van der Waals surface area contributed by atoms with Crippen molar-refractivity contribution in [1.29, 1.82) is 0 Å². The zero-order valence-corrected chi connectivity index (χ0v) is 8.62. The Labute approximate surface area is 89.8 Å². The summed E-state index contributed by atoms with van der Waals surface area (Å²) in [7, 11) is 0. The van der Waals surface area contributed by atoms with Crippen LogP contribution in [0.2, 0.25) is 0 Å². The minimum absolute atomic E-state index is 0.0138. The summed E-state index contributed by atoms with van der Waals surface area (Å²) in [5, 5.41) is 3.54. The molecule has 1 atom stereocenters. The lowest BCUT2D eigenvalue weighted by molar-refractivity contribution is -0.178. The van der Waals surface area contributed by atoms with Gasteiger partial charge in [0.25, 0.3) is 5.89 Å². The van der Waals surface area contributed by atoms with Crippen molar-refractivity contribution in [3.63, 3.8) is 0 Å². The number of alkyl halides is 3. The maximum Gasteiger partial charge on any atom is 0.411 e. The third-order valence-electron chi connectivity index (χ3n) is 1.51. The maximum atomic E-state index is 11.7. The summed E-state index contributed by atoms with van der Waals surface area (Å²) in [6.45, 7) is 0.0691. The number of nitrogens with two attached hydrogens (primary N) is 1. The highest BCUT2D eigenvalue weighted by atomic mass is 19.4. The van der Waals surface area contributed by atoms with E-state index in [0.29, 0.717) is 12.2 Å². The molecule has 92 valence electrons. The van der Waals surface area contributed by atoms with Crippen LogP contribution in [0.4, 0.5) is 13.2 Å². The van der Waals surface area contributed by atoms with Gasteiger partial charge in [-0.3, -0.25) is 0 Å². The fourth-order valence-corrected chi connectivity index (χ4v) is 0.974. The second kappa shape index (κ2) is 5.26. The predicted molar refractivity (Wildman–Crippen MR) is 47.4 cm³/mol. The summed E-state index contributed by atoms with van der Waals surface area (Å²) in [5.41, 5.74) is 5.49. The molecule has 0 aliphatic rings. The first-order chi connectivity index (χ1) is 7.37. The summed E-state index contributed by atoms with van der Waals surface area (Å²) < 4.78 is 44.2. The molecule has 1 rings (SSSR count). The van der Waals surface area contributed by atoms with E-state index in [2.05, 4.69) is 19.4 Å². The first kappa shape index (κ1) is 12.9. The molecule has 2 N–H and O–H groups in total. The van der Waals surface area contributed by atoms with Crippen molar-refractivity contribution in [3.05, 3.63) is 11.7 Å². The largest absolute Gasteiger partial charge is 0.411 e. The van der Waals surface area contributed by atoms with Gasteiger partial charge < -0.3 is 15.0 Å². The van der Waals surface area contributed by atoms with Crippen molar-refractivity contribution in [2.75, 3.05) is 6.61 Å². The van der Waals surface area contributed by atoms with E-state index in [1.165, 1.54) is 0 Å². The lowest BCUT2D eigenvalue weighted by atomic mass is 10.2. The smallest absolute Gasteiger partial charge is 0.362 e. The van der Waals surface area contributed by atoms with Crippen LogP contribution in [0.25, 0.3) is 0 Å². The average Bonchev–Trinajstić information content (AvgIpc) is 2.49. The minimum atomic E-state index is -4.35. The van der Waals surface area contributed by atoms with Crippen LogP contribution in [0, 0.1) is 0 Å². The van der Waals surface area contributed by atoms with E-state index in [-0.39, 0.29) is 18.5 Å². The number of ether oxygens (including phenoxy) is 1. The van der Waals surface area contributed by atoms with Crippen molar-refractivity contribution in [1.82, 2.24) is 10.1 Å². The molecule has 0 bridgehead atoms. The molecular formula is C8H12F3N3O2. The number of nitrogens with zero attached hydrogens (tertiary/aromatic N) is 2. The van der Waals surface area contributed by atoms with E-state index < -0.39 is 12.8 Å².